The van der Waals surface area contributed by atoms with Gasteiger partial charge in [0.05, 0.1) is 18.2 Å². The summed E-state index contributed by atoms with van der Waals surface area (Å²) in [5.74, 6) is -0.200. The minimum absolute atomic E-state index is 0.258. The number of hydrogen-bond acceptors (Lipinski definition) is 4. The van der Waals surface area contributed by atoms with E-state index in [0.717, 1.165) is 0 Å². The number of benzene rings is 1. The second kappa shape index (κ2) is 4.18. The zero-order valence-electron chi connectivity index (χ0n) is 9.28. The molecular formula is C12H11N3O2. The van der Waals surface area contributed by atoms with Crippen LogP contribution in [0.3, 0.4) is 0 Å². The van der Waals surface area contributed by atoms with Crippen LogP contribution < -0.4 is 5.73 Å². The van der Waals surface area contributed by atoms with Crippen LogP contribution in [-0.2, 0) is 4.74 Å². The van der Waals surface area contributed by atoms with E-state index in [1.165, 1.54) is 0 Å². The number of nitrogen functional groups attached to an aromatic ring is 1. The Labute approximate surface area is 97.8 Å². The molecule has 5 heteroatoms. The maximum atomic E-state index is 11.7. The van der Waals surface area contributed by atoms with Gasteiger partial charge in [-0.3, -0.25) is 0 Å². The Morgan fingerprint density at radius 3 is 3.00 bits per heavy atom. The third-order valence-electron chi connectivity index (χ3n) is 2.44. The zero-order chi connectivity index (χ0) is 12.4. The van der Waals surface area contributed by atoms with E-state index in [-0.39, 0.29) is 5.82 Å². The standard InChI is InChI=1S/C12H11N3O2/c1-2-17-12(16)10-8-4-3-7(6-13)5-9(8)15-11(10)14/h3-5,15H,2,14H2,1H3. The van der Waals surface area contributed by atoms with Crippen LogP contribution in [0.25, 0.3) is 10.9 Å². The summed E-state index contributed by atoms with van der Waals surface area (Å²) in [6.45, 7) is 2.03. The second-order valence-electron chi connectivity index (χ2n) is 3.51. The molecule has 0 radical (unpaired) electrons. The van der Waals surface area contributed by atoms with Crippen molar-refractivity contribution in [3.05, 3.63) is 29.3 Å². The molecule has 1 aromatic heterocycles. The van der Waals surface area contributed by atoms with Gasteiger partial charge in [0.1, 0.15) is 11.4 Å². The number of nitrogens with one attached hydrogen (secondary N) is 1. The Kier molecular flexibility index (Phi) is 2.71. The van der Waals surface area contributed by atoms with E-state index in [0.29, 0.717) is 28.6 Å². The van der Waals surface area contributed by atoms with Gasteiger partial charge in [0.15, 0.2) is 0 Å². The summed E-state index contributed by atoms with van der Waals surface area (Å²) < 4.78 is 4.93. The first-order chi connectivity index (χ1) is 8.17. The van der Waals surface area contributed by atoms with Crippen molar-refractivity contribution in [2.45, 2.75) is 6.92 Å². The molecule has 0 aliphatic rings. The lowest BCUT2D eigenvalue weighted by Crippen LogP contribution is -2.06. The summed E-state index contributed by atoms with van der Waals surface area (Å²) in [5.41, 5.74) is 7.23. The van der Waals surface area contributed by atoms with Crippen LogP contribution in [0.2, 0.25) is 0 Å². The van der Waals surface area contributed by atoms with E-state index in [4.69, 9.17) is 15.7 Å². The first kappa shape index (κ1) is 11.0. The van der Waals surface area contributed by atoms with E-state index in [2.05, 4.69) is 4.98 Å². The topological polar surface area (TPSA) is 91.9 Å². The summed E-state index contributed by atoms with van der Waals surface area (Å²) in [5, 5.41) is 9.45. The largest absolute Gasteiger partial charge is 0.462 e. The van der Waals surface area contributed by atoms with Crippen molar-refractivity contribution in [3.8, 4) is 6.07 Å². The number of carbonyl (C=O) groups excluding carboxylic acids is 1. The Morgan fingerprint density at radius 2 is 2.35 bits per heavy atom. The summed E-state index contributed by atoms with van der Waals surface area (Å²) in [6.07, 6.45) is 0. The van der Waals surface area contributed by atoms with Gasteiger partial charge in [0.25, 0.3) is 0 Å². The Morgan fingerprint density at radius 1 is 1.59 bits per heavy atom. The van der Waals surface area contributed by atoms with Crippen molar-refractivity contribution in [1.82, 2.24) is 4.98 Å². The lowest BCUT2D eigenvalue weighted by molar-refractivity contribution is 0.0530. The van der Waals surface area contributed by atoms with Gasteiger partial charge >= 0.3 is 5.97 Å². The predicted molar refractivity (Wildman–Crippen MR) is 63.4 cm³/mol. The zero-order valence-corrected chi connectivity index (χ0v) is 9.28. The SMILES string of the molecule is CCOC(=O)c1c(N)[nH]c2cc(C#N)ccc12. The van der Waals surface area contributed by atoms with Crippen molar-refractivity contribution in [3.63, 3.8) is 0 Å². The van der Waals surface area contributed by atoms with Crippen molar-refractivity contribution < 1.29 is 9.53 Å². The highest BCUT2D eigenvalue weighted by Gasteiger charge is 2.17. The molecule has 0 aliphatic heterocycles. The number of aromatic nitrogens is 1. The maximum Gasteiger partial charge on any atom is 0.342 e. The molecule has 0 saturated carbocycles. The summed E-state index contributed by atoms with van der Waals surface area (Å²) >= 11 is 0. The Balaban J connectivity index is 2.61. The van der Waals surface area contributed by atoms with Crippen LogP contribution in [0.1, 0.15) is 22.8 Å². The normalized spacial score (nSPS) is 10.1. The van der Waals surface area contributed by atoms with Crippen molar-refractivity contribution in [2.24, 2.45) is 0 Å². The number of anilines is 1. The van der Waals surface area contributed by atoms with E-state index >= 15 is 0 Å². The van der Waals surface area contributed by atoms with Gasteiger partial charge in [-0.05, 0) is 19.1 Å². The van der Waals surface area contributed by atoms with Crippen LogP contribution in [0.5, 0.6) is 0 Å². The highest BCUT2D eigenvalue weighted by Crippen LogP contribution is 2.25. The Hall–Kier alpha value is -2.48. The fraction of sp³-hybridized carbons (Fsp3) is 0.167. The van der Waals surface area contributed by atoms with Crippen molar-refractivity contribution in [1.29, 1.82) is 5.26 Å². The summed E-state index contributed by atoms with van der Waals surface area (Å²) in [6, 6.07) is 7.00. The number of rotatable bonds is 2. The van der Waals surface area contributed by atoms with Gasteiger partial charge in [-0.25, -0.2) is 4.79 Å². The number of nitriles is 1. The quantitative estimate of drug-likeness (QED) is 0.768. The molecule has 0 bridgehead atoms. The lowest BCUT2D eigenvalue weighted by Gasteiger charge is -2.00. The molecule has 1 aromatic carbocycles. The number of nitrogens with zero attached hydrogens (tertiary/aromatic N) is 1. The number of ether oxygens (including phenoxy) is 1. The highest BCUT2D eigenvalue weighted by molar-refractivity contribution is 6.09. The molecule has 5 nitrogen and oxygen atoms in total. The average Bonchev–Trinajstić information content (AvgIpc) is 2.64. The minimum atomic E-state index is -0.457. The number of esters is 1. The highest BCUT2D eigenvalue weighted by atomic mass is 16.5. The van der Waals surface area contributed by atoms with Crippen molar-refractivity contribution in [2.75, 3.05) is 12.3 Å². The molecule has 2 aromatic rings. The van der Waals surface area contributed by atoms with E-state index in [1.54, 1.807) is 25.1 Å². The molecule has 1 heterocycles. The Bertz CT molecular complexity index is 622. The molecule has 0 fully saturated rings. The monoisotopic (exact) mass is 229 g/mol. The van der Waals surface area contributed by atoms with Gasteiger partial charge in [-0.2, -0.15) is 5.26 Å². The number of carbonyl (C=O) groups is 1. The fourth-order valence-electron chi connectivity index (χ4n) is 1.71. The molecule has 2 rings (SSSR count). The van der Waals surface area contributed by atoms with Gasteiger partial charge in [0.2, 0.25) is 0 Å². The number of hydrogen-bond donors (Lipinski definition) is 2. The molecule has 0 aliphatic carbocycles. The third kappa shape index (κ3) is 1.81. The molecule has 0 amide bonds. The van der Waals surface area contributed by atoms with Gasteiger partial charge in [-0.1, -0.05) is 6.07 Å². The van der Waals surface area contributed by atoms with Crippen LogP contribution in [-0.4, -0.2) is 17.6 Å². The first-order valence-corrected chi connectivity index (χ1v) is 5.15. The molecule has 3 N–H and O–H groups in total. The lowest BCUT2D eigenvalue weighted by atomic mass is 10.1. The number of nitrogens with two attached hydrogens (primary N) is 1. The molecular weight excluding hydrogens is 218 g/mol. The van der Waals surface area contributed by atoms with Crippen molar-refractivity contribution >= 4 is 22.7 Å². The number of fused-ring (bicyclic) bond motifs is 1. The molecule has 86 valence electrons. The van der Waals surface area contributed by atoms with E-state index in [9.17, 15) is 4.79 Å². The molecule has 0 unspecified atom stereocenters. The van der Waals surface area contributed by atoms with Gasteiger partial charge in [0, 0.05) is 10.9 Å². The number of aromatic amines is 1. The van der Waals surface area contributed by atoms with E-state index < -0.39 is 5.97 Å². The predicted octanol–water partition coefficient (Wildman–Crippen LogP) is 1.80. The number of H-pyrrole nitrogens is 1. The molecule has 0 atom stereocenters. The third-order valence-corrected chi connectivity index (χ3v) is 2.44. The average molecular weight is 229 g/mol. The molecule has 0 spiro atoms. The van der Waals surface area contributed by atoms with Crippen LogP contribution in [0, 0.1) is 11.3 Å². The molecule has 17 heavy (non-hydrogen) atoms. The van der Waals surface area contributed by atoms with Gasteiger partial charge < -0.3 is 15.5 Å². The first-order valence-electron chi connectivity index (χ1n) is 5.15. The van der Waals surface area contributed by atoms with Crippen LogP contribution >= 0.6 is 0 Å². The summed E-state index contributed by atoms with van der Waals surface area (Å²) in [7, 11) is 0. The van der Waals surface area contributed by atoms with Crippen LogP contribution in [0.15, 0.2) is 18.2 Å². The fourth-order valence-corrected chi connectivity index (χ4v) is 1.71. The van der Waals surface area contributed by atoms with Gasteiger partial charge in [-0.15, -0.1) is 0 Å². The van der Waals surface area contributed by atoms with E-state index in [1.807, 2.05) is 6.07 Å². The molecule has 0 saturated heterocycles. The maximum absolute atomic E-state index is 11.7. The smallest absolute Gasteiger partial charge is 0.342 e. The second-order valence-corrected chi connectivity index (χ2v) is 3.51. The summed E-state index contributed by atoms with van der Waals surface area (Å²) in [4.78, 5) is 14.6. The van der Waals surface area contributed by atoms with Crippen LogP contribution in [0.4, 0.5) is 5.82 Å². The minimum Gasteiger partial charge on any atom is -0.462 e.